The molecule has 0 saturated carbocycles. The van der Waals surface area contributed by atoms with Crippen molar-refractivity contribution in [2.75, 3.05) is 32.8 Å². The van der Waals surface area contributed by atoms with Crippen LogP contribution >= 0.6 is 0 Å². The number of carbonyl (C=O) groups excluding carboxylic acids is 2. The van der Waals surface area contributed by atoms with Crippen LogP contribution in [0.1, 0.15) is 10.5 Å². The molecule has 0 bridgehead atoms. The molecule has 0 spiro atoms. The first-order chi connectivity index (χ1) is 16.9. The molecule has 35 heavy (non-hydrogen) atoms. The maximum Gasteiger partial charge on any atom is 0.359 e. The van der Waals surface area contributed by atoms with Gasteiger partial charge in [-0.25, -0.2) is 18.2 Å². The maximum atomic E-state index is 13.1. The highest BCUT2D eigenvalue weighted by Crippen LogP contribution is 2.23. The number of fused-ring (bicyclic) bond motifs is 2. The minimum atomic E-state index is -3.69. The Labute approximate surface area is 202 Å². The predicted molar refractivity (Wildman–Crippen MR) is 129 cm³/mol. The van der Waals surface area contributed by atoms with Crippen molar-refractivity contribution in [3.8, 4) is 0 Å². The summed E-state index contributed by atoms with van der Waals surface area (Å²) in [4.78, 5) is 35.0. The van der Waals surface area contributed by atoms with Gasteiger partial charge >= 0.3 is 5.97 Å². The van der Waals surface area contributed by atoms with Crippen LogP contribution < -0.4 is 0 Å². The van der Waals surface area contributed by atoms with Crippen LogP contribution in [-0.4, -0.2) is 72.3 Å². The number of ether oxygens (including phenoxy) is 1. The van der Waals surface area contributed by atoms with E-state index in [1.807, 2.05) is 30.3 Å². The quantitative estimate of drug-likeness (QED) is 0.395. The van der Waals surface area contributed by atoms with Crippen LogP contribution in [0.3, 0.4) is 0 Å². The van der Waals surface area contributed by atoms with Gasteiger partial charge in [-0.15, -0.1) is 0 Å². The molecular formula is C25H22N4O5S. The van der Waals surface area contributed by atoms with Gasteiger partial charge in [-0.1, -0.05) is 42.5 Å². The van der Waals surface area contributed by atoms with Crippen LogP contribution in [-0.2, 0) is 19.6 Å². The summed E-state index contributed by atoms with van der Waals surface area (Å²) >= 11 is 0. The normalized spacial score (nSPS) is 14.8. The molecule has 10 heteroatoms. The van der Waals surface area contributed by atoms with Crippen molar-refractivity contribution in [3.05, 3.63) is 78.6 Å². The second kappa shape index (κ2) is 9.40. The molecule has 1 aliphatic rings. The first-order valence-corrected chi connectivity index (χ1v) is 12.5. The SMILES string of the molecule is O=C(OCC(=O)N1CCN(S(=O)(=O)c2ccc3ccccc3c2)CC1)c1cnc2ccccc2n1. The Morgan fingerprint density at radius 3 is 2.31 bits per heavy atom. The number of piperazine rings is 1. The molecule has 2 heterocycles. The Kier molecular flexibility index (Phi) is 6.14. The van der Waals surface area contributed by atoms with E-state index in [4.69, 9.17) is 4.74 Å². The smallest absolute Gasteiger partial charge is 0.359 e. The fourth-order valence-electron chi connectivity index (χ4n) is 4.00. The van der Waals surface area contributed by atoms with Crippen molar-refractivity contribution in [2.45, 2.75) is 4.90 Å². The maximum absolute atomic E-state index is 13.1. The van der Waals surface area contributed by atoms with Crippen molar-refractivity contribution in [3.63, 3.8) is 0 Å². The lowest BCUT2D eigenvalue weighted by Gasteiger charge is -2.33. The third kappa shape index (κ3) is 4.71. The van der Waals surface area contributed by atoms with Crippen molar-refractivity contribution >= 4 is 43.7 Å². The molecule has 1 amide bonds. The number of aromatic nitrogens is 2. The van der Waals surface area contributed by atoms with Crippen LogP contribution in [0, 0.1) is 0 Å². The largest absolute Gasteiger partial charge is 0.451 e. The molecule has 3 aromatic carbocycles. The third-order valence-electron chi connectivity index (χ3n) is 5.93. The molecule has 1 saturated heterocycles. The lowest BCUT2D eigenvalue weighted by atomic mass is 10.1. The van der Waals surface area contributed by atoms with E-state index >= 15 is 0 Å². The number of carbonyl (C=O) groups is 2. The summed E-state index contributed by atoms with van der Waals surface area (Å²) in [6.45, 7) is 0.276. The summed E-state index contributed by atoms with van der Waals surface area (Å²) < 4.78 is 32.7. The highest BCUT2D eigenvalue weighted by Gasteiger charge is 2.30. The number of hydrogen-bond donors (Lipinski definition) is 0. The monoisotopic (exact) mass is 490 g/mol. The van der Waals surface area contributed by atoms with Crippen molar-refractivity contribution < 1.29 is 22.7 Å². The fourth-order valence-corrected chi connectivity index (χ4v) is 5.46. The summed E-state index contributed by atoms with van der Waals surface area (Å²) in [6.07, 6.45) is 1.31. The Bertz CT molecular complexity index is 1530. The van der Waals surface area contributed by atoms with Gasteiger partial charge in [0.25, 0.3) is 5.91 Å². The Morgan fingerprint density at radius 2 is 1.54 bits per heavy atom. The fraction of sp³-hybridized carbons (Fsp3) is 0.200. The number of sulfonamides is 1. The summed E-state index contributed by atoms with van der Waals surface area (Å²) in [5, 5.41) is 1.81. The number of benzene rings is 3. The molecule has 0 unspecified atom stereocenters. The summed E-state index contributed by atoms with van der Waals surface area (Å²) in [6, 6.07) is 19.7. The second-order valence-electron chi connectivity index (χ2n) is 8.11. The number of para-hydroxylation sites is 2. The van der Waals surface area contributed by atoms with E-state index in [9.17, 15) is 18.0 Å². The Morgan fingerprint density at radius 1 is 0.857 bits per heavy atom. The van der Waals surface area contributed by atoms with Crippen molar-refractivity contribution in [2.24, 2.45) is 0 Å². The molecule has 0 radical (unpaired) electrons. The van der Waals surface area contributed by atoms with Gasteiger partial charge in [0.05, 0.1) is 22.1 Å². The van der Waals surface area contributed by atoms with Gasteiger partial charge in [-0.3, -0.25) is 9.78 Å². The molecular weight excluding hydrogens is 468 g/mol. The first kappa shape index (κ1) is 22.9. The predicted octanol–water partition coefficient (Wildman–Crippen LogP) is 2.47. The van der Waals surface area contributed by atoms with Crippen molar-refractivity contribution in [1.29, 1.82) is 0 Å². The number of hydrogen-bond acceptors (Lipinski definition) is 7. The lowest BCUT2D eigenvalue weighted by molar-refractivity contribution is -0.135. The minimum absolute atomic E-state index is 0.0165. The highest BCUT2D eigenvalue weighted by atomic mass is 32.2. The van der Waals surface area contributed by atoms with Gasteiger partial charge in [-0.2, -0.15) is 4.31 Å². The number of esters is 1. The molecule has 1 aliphatic heterocycles. The van der Waals surface area contributed by atoms with E-state index in [1.165, 1.54) is 15.4 Å². The third-order valence-corrected chi connectivity index (χ3v) is 7.83. The van der Waals surface area contributed by atoms with E-state index in [-0.39, 0.29) is 36.8 Å². The van der Waals surface area contributed by atoms with Crippen molar-refractivity contribution in [1.82, 2.24) is 19.2 Å². The van der Waals surface area contributed by atoms with E-state index in [0.717, 1.165) is 10.8 Å². The number of amides is 1. The van der Waals surface area contributed by atoms with E-state index < -0.39 is 28.5 Å². The van der Waals surface area contributed by atoms with E-state index in [0.29, 0.717) is 11.0 Å². The lowest BCUT2D eigenvalue weighted by Crippen LogP contribution is -2.51. The van der Waals surface area contributed by atoms with Crippen LogP contribution in [0.2, 0.25) is 0 Å². The van der Waals surface area contributed by atoms with Gasteiger partial charge in [0, 0.05) is 26.2 Å². The van der Waals surface area contributed by atoms with Gasteiger partial charge < -0.3 is 9.64 Å². The summed E-state index contributed by atoms with van der Waals surface area (Å²) in [5.74, 6) is -1.14. The average molecular weight is 491 g/mol. The van der Waals surface area contributed by atoms with Crippen LogP contribution in [0.4, 0.5) is 0 Å². The number of rotatable bonds is 5. The minimum Gasteiger partial charge on any atom is -0.451 e. The first-order valence-electron chi connectivity index (χ1n) is 11.1. The zero-order chi connectivity index (χ0) is 24.4. The molecule has 5 rings (SSSR count). The number of nitrogens with zero attached hydrogens (tertiary/aromatic N) is 4. The molecule has 0 N–H and O–H groups in total. The molecule has 1 fully saturated rings. The highest BCUT2D eigenvalue weighted by molar-refractivity contribution is 7.89. The van der Waals surface area contributed by atoms with Crippen LogP contribution in [0.15, 0.2) is 77.8 Å². The van der Waals surface area contributed by atoms with E-state index in [1.54, 1.807) is 36.4 Å². The standard InChI is InChI=1S/C25H22N4O5S/c30-24(17-34-25(31)23-16-26-21-7-3-4-8-22(21)27-23)28-11-13-29(14-12-28)35(32,33)20-10-9-18-5-1-2-6-19(18)15-20/h1-10,15-16H,11-14,17H2. The zero-order valence-electron chi connectivity index (χ0n) is 18.7. The molecule has 9 nitrogen and oxygen atoms in total. The topological polar surface area (TPSA) is 110 Å². The van der Waals surface area contributed by atoms with Gasteiger partial charge in [0.1, 0.15) is 0 Å². The second-order valence-corrected chi connectivity index (χ2v) is 10.1. The molecule has 178 valence electrons. The molecule has 0 aliphatic carbocycles. The Hall–Kier alpha value is -3.89. The summed E-state index contributed by atoms with van der Waals surface area (Å²) in [7, 11) is -3.69. The molecule has 1 aromatic heterocycles. The van der Waals surface area contributed by atoms with Crippen LogP contribution in [0.25, 0.3) is 21.8 Å². The van der Waals surface area contributed by atoms with Gasteiger partial charge in [-0.05, 0) is 35.0 Å². The average Bonchev–Trinajstić information content (AvgIpc) is 2.91. The molecule has 4 aromatic rings. The summed E-state index contributed by atoms with van der Waals surface area (Å²) in [5.41, 5.74) is 1.22. The molecule has 0 atom stereocenters. The zero-order valence-corrected chi connectivity index (χ0v) is 19.5. The van der Waals surface area contributed by atoms with E-state index in [2.05, 4.69) is 9.97 Å². The van der Waals surface area contributed by atoms with Crippen LogP contribution in [0.5, 0.6) is 0 Å². The Balaban J connectivity index is 1.17. The van der Waals surface area contributed by atoms with Gasteiger partial charge in [0.2, 0.25) is 10.0 Å². The van der Waals surface area contributed by atoms with Gasteiger partial charge in [0.15, 0.2) is 12.3 Å².